The summed E-state index contributed by atoms with van der Waals surface area (Å²) >= 11 is 0. The molecule has 3 aliphatic rings. The van der Waals surface area contributed by atoms with E-state index in [0.29, 0.717) is 0 Å². The number of rotatable bonds is 2. The maximum Gasteiger partial charge on any atom is 0.0540 e. The summed E-state index contributed by atoms with van der Waals surface area (Å²) in [6.45, 7) is 3.99. The molecule has 3 saturated carbocycles. The van der Waals surface area contributed by atoms with Gasteiger partial charge in [-0.15, -0.1) is 6.58 Å². The molecule has 0 bridgehead atoms. The van der Waals surface area contributed by atoms with Crippen LogP contribution in [-0.2, 0) is 0 Å². The van der Waals surface area contributed by atoms with Gasteiger partial charge in [-0.2, -0.15) is 0 Å². The van der Waals surface area contributed by atoms with Crippen molar-refractivity contribution in [1.29, 1.82) is 0 Å². The molecule has 19 heavy (non-hydrogen) atoms. The van der Waals surface area contributed by atoms with Gasteiger partial charge in [-0.1, -0.05) is 6.08 Å². The Morgan fingerprint density at radius 3 is 1.89 bits per heavy atom. The van der Waals surface area contributed by atoms with Crippen molar-refractivity contribution in [3.05, 3.63) is 12.7 Å². The van der Waals surface area contributed by atoms with Crippen molar-refractivity contribution in [1.82, 2.24) is 0 Å². The highest BCUT2D eigenvalue weighted by molar-refractivity contribution is 4.93. The summed E-state index contributed by atoms with van der Waals surface area (Å²) in [5, 5.41) is 9.66. The number of hydrogen-bond donors (Lipinski definition) is 1. The molecule has 4 unspecified atom stereocenters. The third kappa shape index (κ3) is 3.07. The predicted octanol–water partition coefficient (Wildman–Crippen LogP) is 4.56. The first-order chi connectivity index (χ1) is 9.26. The Labute approximate surface area is 118 Å². The Balaban J connectivity index is 1.53. The van der Waals surface area contributed by atoms with E-state index in [0.717, 1.165) is 42.4 Å². The molecule has 0 aliphatic heterocycles. The molecule has 0 spiro atoms. The lowest BCUT2D eigenvalue weighted by atomic mass is 9.61. The van der Waals surface area contributed by atoms with E-state index in [9.17, 15) is 5.11 Å². The SMILES string of the molecule is C=CC1CCC2CC(C3CCC(O)CC3)CCC2C1. The fourth-order valence-corrected chi connectivity index (χ4v) is 5.18. The summed E-state index contributed by atoms with van der Waals surface area (Å²) in [5.74, 6) is 4.74. The highest BCUT2D eigenvalue weighted by atomic mass is 16.3. The average molecular weight is 262 g/mol. The van der Waals surface area contributed by atoms with Crippen molar-refractivity contribution < 1.29 is 5.11 Å². The summed E-state index contributed by atoms with van der Waals surface area (Å²) in [6, 6.07) is 0. The molecular formula is C18H30O. The van der Waals surface area contributed by atoms with E-state index in [-0.39, 0.29) is 6.10 Å². The highest BCUT2D eigenvalue weighted by Crippen LogP contribution is 2.48. The minimum absolute atomic E-state index is 0.00983. The Kier molecular flexibility index (Phi) is 4.31. The quantitative estimate of drug-likeness (QED) is 0.723. The summed E-state index contributed by atoms with van der Waals surface area (Å²) in [5.41, 5.74) is 0. The van der Waals surface area contributed by atoms with E-state index in [1.807, 2.05) is 0 Å². The minimum Gasteiger partial charge on any atom is -0.393 e. The normalized spacial score (nSPS) is 47.4. The fourth-order valence-electron chi connectivity index (χ4n) is 5.18. The van der Waals surface area contributed by atoms with Crippen molar-refractivity contribution >= 4 is 0 Å². The largest absolute Gasteiger partial charge is 0.393 e. The second-order valence-corrected chi connectivity index (χ2v) is 7.47. The van der Waals surface area contributed by atoms with Crippen LogP contribution in [-0.4, -0.2) is 11.2 Å². The summed E-state index contributed by atoms with van der Waals surface area (Å²) in [7, 11) is 0. The van der Waals surface area contributed by atoms with Crippen LogP contribution in [0, 0.1) is 29.6 Å². The van der Waals surface area contributed by atoms with Crippen molar-refractivity contribution in [2.45, 2.75) is 70.3 Å². The minimum atomic E-state index is 0.00983. The van der Waals surface area contributed by atoms with Crippen molar-refractivity contribution in [2.75, 3.05) is 0 Å². The van der Waals surface area contributed by atoms with Gasteiger partial charge in [0.25, 0.3) is 0 Å². The van der Waals surface area contributed by atoms with Crippen LogP contribution in [0.1, 0.15) is 64.2 Å². The maximum atomic E-state index is 9.66. The predicted molar refractivity (Wildman–Crippen MR) is 79.8 cm³/mol. The standard InChI is InChI=1S/C18H30O/c1-2-13-3-4-17-12-16(6-5-15(17)11-13)14-7-9-18(19)10-8-14/h2,13-19H,1,3-12H2. The van der Waals surface area contributed by atoms with Crippen molar-refractivity contribution in [3.63, 3.8) is 0 Å². The summed E-state index contributed by atoms with van der Waals surface area (Å²) in [6.07, 6.45) is 15.6. The zero-order valence-corrected chi connectivity index (χ0v) is 12.3. The van der Waals surface area contributed by atoms with E-state index in [2.05, 4.69) is 12.7 Å². The van der Waals surface area contributed by atoms with Crippen molar-refractivity contribution in [2.24, 2.45) is 29.6 Å². The Hall–Kier alpha value is -0.300. The summed E-state index contributed by atoms with van der Waals surface area (Å²) in [4.78, 5) is 0. The third-order valence-corrected chi connectivity index (χ3v) is 6.44. The topological polar surface area (TPSA) is 20.2 Å². The molecule has 3 rings (SSSR count). The molecule has 0 aromatic carbocycles. The number of allylic oxidation sites excluding steroid dienone is 1. The zero-order chi connectivity index (χ0) is 13.2. The van der Waals surface area contributed by atoms with Crippen LogP contribution in [0.4, 0.5) is 0 Å². The molecule has 108 valence electrons. The molecule has 1 N–H and O–H groups in total. The molecule has 3 aliphatic carbocycles. The average Bonchev–Trinajstić information content (AvgIpc) is 2.47. The van der Waals surface area contributed by atoms with Crippen LogP contribution in [0.25, 0.3) is 0 Å². The van der Waals surface area contributed by atoms with Crippen LogP contribution in [0.3, 0.4) is 0 Å². The van der Waals surface area contributed by atoms with E-state index in [1.165, 1.54) is 51.4 Å². The van der Waals surface area contributed by atoms with Crippen molar-refractivity contribution in [3.8, 4) is 0 Å². The van der Waals surface area contributed by atoms with Gasteiger partial charge in [-0.25, -0.2) is 0 Å². The van der Waals surface area contributed by atoms with Gasteiger partial charge in [0.05, 0.1) is 6.10 Å². The number of fused-ring (bicyclic) bond motifs is 1. The highest BCUT2D eigenvalue weighted by Gasteiger charge is 2.37. The fraction of sp³-hybridized carbons (Fsp3) is 0.889. The van der Waals surface area contributed by atoms with Crippen LogP contribution in [0.2, 0.25) is 0 Å². The summed E-state index contributed by atoms with van der Waals surface area (Å²) < 4.78 is 0. The Morgan fingerprint density at radius 2 is 1.21 bits per heavy atom. The van der Waals surface area contributed by atoms with E-state index in [1.54, 1.807) is 0 Å². The van der Waals surface area contributed by atoms with E-state index < -0.39 is 0 Å². The van der Waals surface area contributed by atoms with E-state index >= 15 is 0 Å². The number of aliphatic hydroxyl groups excluding tert-OH is 1. The van der Waals surface area contributed by atoms with Crippen LogP contribution in [0.5, 0.6) is 0 Å². The van der Waals surface area contributed by atoms with Gasteiger partial charge in [0, 0.05) is 0 Å². The van der Waals surface area contributed by atoms with Crippen LogP contribution >= 0.6 is 0 Å². The monoisotopic (exact) mass is 262 g/mol. The lowest BCUT2D eigenvalue weighted by molar-refractivity contribution is 0.0458. The van der Waals surface area contributed by atoms with Gasteiger partial charge in [-0.05, 0) is 93.8 Å². The van der Waals surface area contributed by atoms with Gasteiger partial charge in [0.1, 0.15) is 0 Å². The van der Waals surface area contributed by atoms with E-state index in [4.69, 9.17) is 0 Å². The lowest BCUT2D eigenvalue weighted by Gasteiger charge is -2.44. The molecule has 4 atom stereocenters. The maximum absolute atomic E-state index is 9.66. The second-order valence-electron chi connectivity index (χ2n) is 7.47. The molecule has 1 nitrogen and oxygen atoms in total. The van der Waals surface area contributed by atoms with Crippen LogP contribution in [0.15, 0.2) is 12.7 Å². The van der Waals surface area contributed by atoms with Gasteiger partial charge in [0.15, 0.2) is 0 Å². The van der Waals surface area contributed by atoms with Gasteiger partial charge in [-0.3, -0.25) is 0 Å². The Bertz CT molecular complexity index is 303. The second kappa shape index (κ2) is 5.99. The zero-order valence-electron chi connectivity index (χ0n) is 12.3. The van der Waals surface area contributed by atoms with Crippen LogP contribution < -0.4 is 0 Å². The molecule has 0 aromatic rings. The number of hydrogen-bond acceptors (Lipinski definition) is 1. The lowest BCUT2D eigenvalue weighted by Crippen LogP contribution is -2.34. The molecule has 3 fully saturated rings. The smallest absolute Gasteiger partial charge is 0.0540 e. The van der Waals surface area contributed by atoms with Gasteiger partial charge < -0.3 is 5.11 Å². The molecule has 1 heteroatoms. The molecular weight excluding hydrogens is 232 g/mol. The molecule has 0 saturated heterocycles. The first-order valence-electron chi connectivity index (χ1n) is 8.57. The first kappa shape index (κ1) is 13.7. The molecule has 0 radical (unpaired) electrons. The molecule has 0 heterocycles. The Morgan fingerprint density at radius 1 is 0.684 bits per heavy atom. The first-order valence-corrected chi connectivity index (χ1v) is 8.57. The number of aliphatic hydroxyl groups is 1. The van der Waals surface area contributed by atoms with Gasteiger partial charge >= 0.3 is 0 Å². The molecule has 0 aromatic heterocycles. The third-order valence-electron chi connectivity index (χ3n) is 6.44. The van der Waals surface area contributed by atoms with Gasteiger partial charge in [0.2, 0.25) is 0 Å². The molecule has 0 amide bonds.